The molecule has 8 heteroatoms. The lowest BCUT2D eigenvalue weighted by Gasteiger charge is -2.44. The van der Waals surface area contributed by atoms with Crippen LogP contribution in [0.2, 0.25) is 0 Å². The highest BCUT2D eigenvalue weighted by atomic mass is 16.5. The number of aromatic nitrogens is 2. The van der Waals surface area contributed by atoms with Crippen molar-refractivity contribution >= 4 is 12.0 Å². The first-order valence-corrected chi connectivity index (χ1v) is 11.4. The number of nitrogens with zero attached hydrogens (tertiary/aromatic N) is 3. The molecule has 2 atom stereocenters. The third-order valence-electron chi connectivity index (χ3n) is 6.32. The molecular weight excluding hydrogens is 432 g/mol. The minimum atomic E-state index is -0.904. The van der Waals surface area contributed by atoms with Gasteiger partial charge in [-0.2, -0.15) is 5.10 Å². The number of nitrogens with two attached hydrogens (primary N) is 1. The highest BCUT2D eigenvalue weighted by Crippen LogP contribution is 2.40. The van der Waals surface area contributed by atoms with Gasteiger partial charge in [0.15, 0.2) is 5.69 Å². The predicted molar refractivity (Wildman–Crippen MR) is 129 cm³/mol. The Hall–Kier alpha value is -3.81. The molecule has 34 heavy (non-hydrogen) atoms. The number of rotatable bonds is 5. The van der Waals surface area contributed by atoms with Crippen LogP contribution in [0.4, 0.5) is 4.79 Å². The quantitative estimate of drug-likeness (QED) is 0.552. The zero-order valence-electron chi connectivity index (χ0n) is 19.6. The van der Waals surface area contributed by atoms with E-state index < -0.39 is 12.0 Å². The number of hydrogen-bond donors (Lipinski definition) is 2. The molecular formula is C26H30N4O4. The fraction of sp³-hybridized carbons (Fsp3) is 0.346. The minimum Gasteiger partial charge on any atom is -0.465 e. The lowest BCUT2D eigenvalue weighted by Crippen LogP contribution is -2.51. The van der Waals surface area contributed by atoms with Gasteiger partial charge in [-0.1, -0.05) is 39.0 Å². The Morgan fingerprint density at radius 1 is 1.06 bits per heavy atom. The van der Waals surface area contributed by atoms with Crippen molar-refractivity contribution in [3.05, 3.63) is 72.1 Å². The number of carbonyl (C=O) groups excluding carboxylic acids is 1. The highest BCUT2D eigenvalue weighted by Gasteiger charge is 2.40. The third kappa shape index (κ3) is 4.90. The lowest BCUT2D eigenvalue weighted by atomic mass is 9.76. The summed E-state index contributed by atoms with van der Waals surface area (Å²) in [6.45, 7) is 6.57. The molecule has 0 radical (unpaired) electrons. The van der Waals surface area contributed by atoms with Crippen LogP contribution in [0.25, 0.3) is 5.69 Å². The topological polar surface area (TPSA) is 111 Å². The second-order valence-electron chi connectivity index (χ2n) is 9.72. The van der Waals surface area contributed by atoms with Crippen LogP contribution in [0.1, 0.15) is 55.7 Å². The number of piperidine rings is 1. The Morgan fingerprint density at radius 2 is 1.71 bits per heavy atom. The summed E-state index contributed by atoms with van der Waals surface area (Å²) in [7, 11) is 0. The fourth-order valence-corrected chi connectivity index (χ4v) is 4.58. The number of para-hydroxylation sites is 1. The molecule has 3 N–H and O–H groups in total. The Morgan fingerprint density at radius 3 is 2.29 bits per heavy atom. The van der Waals surface area contributed by atoms with Crippen LogP contribution in [0.5, 0.6) is 11.5 Å². The Kier molecular flexibility index (Phi) is 6.32. The summed E-state index contributed by atoms with van der Waals surface area (Å²) < 4.78 is 7.62. The van der Waals surface area contributed by atoms with Crippen molar-refractivity contribution in [2.24, 2.45) is 11.1 Å². The van der Waals surface area contributed by atoms with Gasteiger partial charge < -0.3 is 20.5 Å². The molecule has 0 aliphatic carbocycles. The number of carboxylic acid groups (broad SMARTS) is 1. The molecule has 2 heterocycles. The van der Waals surface area contributed by atoms with Gasteiger partial charge in [0.2, 0.25) is 0 Å². The average molecular weight is 463 g/mol. The van der Waals surface area contributed by atoms with Crippen molar-refractivity contribution in [2.75, 3.05) is 6.54 Å². The number of carbonyl (C=O) groups is 2. The zero-order valence-corrected chi connectivity index (χ0v) is 19.6. The van der Waals surface area contributed by atoms with Crippen LogP contribution in [0.3, 0.4) is 0 Å². The van der Waals surface area contributed by atoms with E-state index in [1.807, 2.05) is 75.4 Å². The van der Waals surface area contributed by atoms with Gasteiger partial charge in [0, 0.05) is 24.2 Å². The van der Waals surface area contributed by atoms with E-state index in [1.54, 1.807) is 10.7 Å². The number of primary amides is 1. The second-order valence-corrected chi connectivity index (χ2v) is 9.72. The normalized spacial score (nSPS) is 18.5. The van der Waals surface area contributed by atoms with E-state index in [9.17, 15) is 14.7 Å². The summed E-state index contributed by atoms with van der Waals surface area (Å²) in [6, 6.07) is 18.5. The maximum atomic E-state index is 11.9. The molecule has 2 unspecified atom stereocenters. The van der Waals surface area contributed by atoms with E-state index in [-0.39, 0.29) is 23.1 Å². The molecule has 0 spiro atoms. The minimum absolute atomic E-state index is 0.0284. The van der Waals surface area contributed by atoms with Crippen molar-refractivity contribution in [3.8, 4) is 17.2 Å². The second kappa shape index (κ2) is 9.21. The summed E-state index contributed by atoms with van der Waals surface area (Å²) in [5.74, 6) is 0.853. The number of benzene rings is 2. The van der Waals surface area contributed by atoms with Gasteiger partial charge in [-0.15, -0.1) is 0 Å². The zero-order chi connectivity index (χ0) is 24.5. The number of ether oxygens (including phenoxy) is 1. The molecule has 3 aromatic rings. The molecule has 1 fully saturated rings. The van der Waals surface area contributed by atoms with Gasteiger partial charge in [0.25, 0.3) is 5.91 Å². The Bertz CT molecular complexity index is 1170. The van der Waals surface area contributed by atoms with Crippen molar-refractivity contribution in [2.45, 2.75) is 45.6 Å². The molecule has 178 valence electrons. The number of amides is 2. The van der Waals surface area contributed by atoms with Gasteiger partial charge in [-0.05, 0) is 60.7 Å². The summed E-state index contributed by atoms with van der Waals surface area (Å²) in [5, 5.41) is 14.2. The number of hydrogen-bond acceptors (Lipinski definition) is 4. The van der Waals surface area contributed by atoms with E-state index in [1.165, 1.54) is 4.90 Å². The SMILES string of the molecule is CC(C)(C)C1CC(c2cc(C(N)=O)nn2-c2ccc(Oc3ccccc3)cc2)CCN1C(=O)O. The molecule has 1 saturated heterocycles. The smallest absolute Gasteiger partial charge is 0.407 e. The largest absolute Gasteiger partial charge is 0.465 e. The van der Waals surface area contributed by atoms with Crippen LogP contribution >= 0.6 is 0 Å². The molecule has 0 saturated carbocycles. The molecule has 2 aromatic carbocycles. The molecule has 8 nitrogen and oxygen atoms in total. The summed E-state index contributed by atoms with van der Waals surface area (Å²) in [5.41, 5.74) is 7.13. The maximum Gasteiger partial charge on any atom is 0.407 e. The van der Waals surface area contributed by atoms with Crippen molar-refractivity contribution in [1.82, 2.24) is 14.7 Å². The van der Waals surface area contributed by atoms with Crippen LogP contribution in [0.15, 0.2) is 60.7 Å². The standard InChI is InChI=1S/C26H30N4O4/c1-26(2,3)23-15-17(13-14-29(23)25(32)33)22-16-21(24(27)31)28-30(22)18-9-11-20(12-10-18)34-19-7-5-4-6-8-19/h4-12,16-17,23H,13-15H2,1-3H3,(H2,27,31)(H,32,33). The van der Waals surface area contributed by atoms with E-state index in [0.717, 1.165) is 17.1 Å². The van der Waals surface area contributed by atoms with E-state index >= 15 is 0 Å². The first kappa shape index (κ1) is 23.4. The molecule has 0 bridgehead atoms. The van der Waals surface area contributed by atoms with Crippen molar-refractivity contribution in [3.63, 3.8) is 0 Å². The molecule has 4 rings (SSSR count). The maximum absolute atomic E-state index is 11.9. The van der Waals surface area contributed by atoms with Gasteiger partial charge in [0.05, 0.1) is 5.69 Å². The van der Waals surface area contributed by atoms with Crippen molar-refractivity contribution in [1.29, 1.82) is 0 Å². The van der Waals surface area contributed by atoms with Gasteiger partial charge in [0.1, 0.15) is 11.5 Å². The summed E-state index contributed by atoms with van der Waals surface area (Å²) in [6.07, 6.45) is 0.367. The summed E-state index contributed by atoms with van der Waals surface area (Å²) in [4.78, 5) is 25.3. The van der Waals surface area contributed by atoms with Crippen LogP contribution in [-0.4, -0.2) is 44.4 Å². The van der Waals surface area contributed by atoms with Gasteiger partial charge in [-0.3, -0.25) is 4.79 Å². The van der Waals surface area contributed by atoms with Crippen LogP contribution in [-0.2, 0) is 0 Å². The predicted octanol–water partition coefficient (Wildman–Crippen LogP) is 5.04. The molecule has 2 amide bonds. The first-order valence-electron chi connectivity index (χ1n) is 11.4. The van der Waals surface area contributed by atoms with Gasteiger partial charge >= 0.3 is 6.09 Å². The molecule has 1 aliphatic heterocycles. The Labute approximate surface area is 198 Å². The fourth-order valence-electron chi connectivity index (χ4n) is 4.58. The summed E-state index contributed by atoms with van der Waals surface area (Å²) >= 11 is 0. The van der Waals surface area contributed by atoms with Crippen molar-refractivity contribution < 1.29 is 19.4 Å². The Balaban J connectivity index is 1.65. The van der Waals surface area contributed by atoms with E-state index in [0.29, 0.717) is 25.1 Å². The van der Waals surface area contributed by atoms with Crippen LogP contribution < -0.4 is 10.5 Å². The van der Waals surface area contributed by atoms with Crippen LogP contribution in [0, 0.1) is 5.41 Å². The third-order valence-corrected chi connectivity index (χ3v) is 6.32. The van der Waals surface area contributed by atoms with E-state index in [2.05, 4.69) is 5.10 Å². The molecule has 1 aliphatic rings. The van der Waals surface area contributed by atoms with Gasteiger partial charge in [-0.25, -0.2) is 9.48 Å². The monoisotopic (exact) mass is 462 g/mol. The van der Waals surface area contributed by atoms with E-state index in [4.69, 9.17) is 10.5 Å². The highest BCUT2D eigenvalue weighted by molar-refractivity contribution is 5.91. The molecule has 1 aromatic heterocycles. The first-order chi connectivity index (χ1) is 16.1. The lowest BCUT2D eigenvalue weighted by molar-refractivity contribution is 0.0518. The average Bonchev–Trinajstić information content (AvgIpc) is 3.25. The number of likely N-dealkylation sites (tertiary alicyclic amines) is 1.